The molecular weight excluding hydrogens is 398 g/mol. The van der Waals surface area contributed by atoms with E-state index in [2.05, 4.69) is 20.9 Å². The summed E-state index contributed by atoms with van der Waals surface area (Å²) in [6.07, 6.45) is 0. The molecule has 4 nitrogen and oxygen atoms in total. The van der Waals surface area contributed by atoms with Crippen LogP contribution in [0.1, 0.15) is 5.69 Å². The molecule has 23 heavy (non-hydrogen) atoms. The molecule has 0 bridgehead atoms. The van der Waals surface area contributed by atoms with Crippen molar-refractivity contribution in [3.05, 3.63) is 57.3 Å². The SMILES string of the molecule is O=C(COc1ccc(Br)cc1)OCc1csc(-c2cccs2)n1. The second-order valence-electron chi connectivity index (χ2n) is 4.52. The van der Waals surface area contributed by atoms with Gasteiger partial charge in [0.2, 0.25) is 0 Å². The van der Waals surface area contributed by atoms with Crippen molar-refractivity contribution in [1.29, 1.82) is 0 Å². The maximum absolute atomic E-state index is 11.7. The summed E-state index contributed by atoms with van der Waals surface area (Å²) in [7, 11) is 0. The molecule has 0 radical (unpaired) electrons. The van der Waals surface area contributed by atoms with E-state index in [0.717, 1.165) is 20.1 Å². The maximum Gasteiger partial charge on any atom is 0.344 e. The number of halogens is 1. The van der Waals surface area contributed by atoms with Crippen LogP contribution in [0, 0.1) is 0 Å². The predicted octanol–water partition coefficient (Wildman–Crippen LogP) is 4.76. The van der Waals surface area contributed by atoms with Crippen molar-refractivity contribution < 1.29 is 14.3 Å². The van der Waals surface area contributed by atoms with Gasteiger partial charge in [-0.2, -0.15) is 0 Å². The lowest BCUT2D eigenvalue weighted by atomic mass is 10.3. The Morgan fingerprint density at radius 3 is 2.74 bits per heavy atom. The van der Waals surface area contributed by atoms with Gasteiger partial charge in [-0.3, -0.25) is 0 Å². The van der Waals surface area contributed by atoms with Crippen molar-refractivity contribution >= 4 is 44.6 Å². The number of benzene rings is 1. The molecule has 0 atom stereocenters. The van der Waals surface area contributed by atoms with E-state index >= 15 is 0 Å². The topological polar surface area (TPSA) is 48.4 Å². The minimum Gasteiger partial charge on any atom is -0.482 e. The lowest BCUT2D eigenvalue weighted by molar-refractivity contribution is -0.147. The minimum atomic E-state index is -0.418. The van der Waals surface area contributed by atoms with Crippen molar-refractivity contribution in [2.75, 3.05) is 6.61 Å². The second-order valence-corrected chi connectivity index (χ2v) is 7.25. The molecule has 0 spiro atoms. The summed E-state index contributed by atoms with van der Waals surface area (Å²) in [6, 6.07) is 11.3. The van der Waals surface area contributed by atoms with Gasteiger partial charge in [-0.25, -0.2) is 9.78 Å². The van der Waals surface area contributed by atoms with Crippen molar-refractivity contribution in [2.45, 2.75) is 6.61 Å². The fraction of sp³-hybridized carbons (Fsp3) is 0.125. The average Bonchev–Trinajstić information content (AvgIpc) is 3.23. The Labute approximate surface area is 149 Å². The number of esters is 1. The third-order valence-electron chi connectivity index (χ3n) is 2.84. The predicted molar refractivity (Wildman–Crippen MR) is 94.9 cm³/mol. The van der Waals surface area contributed by atoms with Gasteiger partial charge in [0, 0.05) is 9.85 Å². The van der Waals surface area contributed by atoms with E-state index < -0.39 is 5.97 Å². The summed E-state index contributed by atoms with van der Waals surface area (Å²) in [6.45, 7) is 0.0357. The second kappa shape index (κ2) is 7.72. The van der Waals surface area contributed by atoms with Crippen molar-refractivity contribution in [2.24, 2.45) is 0 Å². The zero-order valence-corrected chi connectivity index (χ0v) is 15.1. The Bertz CT molecular complexity index is 769. The number of hydrogen-bond donors (Lipinski definition) is 0. The van der Waals surface area contributed by atoms with Crippen LogP contribution < -0.4 is 4.74 Å². The van der Waals surface area contributed by atoms with Crippen LogP contribution in [0.15, 0.2) is 51.6 Å². The maximum atomic E-state index is 11.7. The number of aromatic nitrogens is 1. The first-order chi connectivity index (χ1) is 11.2. The summed E-state index contributed by atoms with van der Waals surface area (Å²) >= 11 is 6.52. The van der Waals surface area contributed by atoms with Crippen molar-refractivity contribution in [3.63, 3.8) is 0 Å². The summed E-state index contributed by atoms with van der Waals surface area (Å²) in [5, 5.41) is 4.85. The van der Waals surface area contributed by atoms with E-state index in [1.165, 1.54) is 0 Å². The zero-order chi connectivity index (χ0) is 16.1. The number of nitrogens with zero attached hydrogens (tertiary/aromatic N) is 1. The Hall–Kier alpha value is -1.70. The molecule has 0 aliphatic carbocycles. The van der Waals surface area contributed by atoms with E-state index in [1.54, 1.807) is 34.8 Å². The van der Waals surface area contributed by atoms with Gasteiger partial charge in [0.15, 0.2) is 6.61 Å². The average molecular weight is 410 g/mol. The molecule has 0 saturated carbocycles. The number of carbonyl (C=O) groups excluding carboxylic acids is 1. The van der Waals surface area contributed by atoms with Gasteiger partial charge in [0.05, 0.1) is 10.6 Å². The highest BCUT2D eigenvalue weighted by Crippen LogP contribution is 2.27. The van der Waals surface area contributed by atoms with Gasteiger partial charge < -0.3 is 9.47 Å². The van der Waals surface area contributed by atoms with Crippen LogP contribution in [0.4, 0.5) is 0 Å². The molecular formula is C16H12BrNO3S2. The smallest absolute Gasteiger partial charge is 0.344 e. The third-order valence-corrected chi connectivity index (χ3v) is 5.29. The Morgan fingerprint density at radius 2 is 2.00 bits per heavy atom. The monoisotopic (exact) mass is 409 g/mol. The Balaban J connectivity index is 1.46. The number of hydrogen-bond acceptors (Lipinski definition) is 6. The lowest BCUT2D eigenvalue weighted by Crippen LogP contribution is -2.14. The number of ether oxygens (including phenoxy) is 2. The molecule has 0 N–H and O–H groups in total. The molecule has 2 aromatic heterocycles. The number of thiophene rings is 1. The Morgan fingerprint density at radius 1 is 1.17 bits per heavy atom. The molecule has 7 heteroatoms. The van der Waals surface area contributed by atoms with Gasteiger partial charge in [-0.05, 0) is 35.7 Å². The standard InChI is InChI=1S/C16H12BrNO3S2/c17-11-3-5-13(6-4-11)20-9-15(19)21-8-12-10-23-16(18-12)14-2-1-7-22-14/h1-7,10H,8-9H2. The zero-order valence-electron chi connectivity index (χ0n) is 11.9. The van der Waals surface area contributed by atoms with E-state index in [4.69, 9.17) is 9.47 Å². The largest absolute Gasteiger partial charge is 0.482 e. The van der Waals surface area contributed by atoms with Gasteiger partial charge in [-0.15, -0.1) is 22.7 Å². The first-order valence-corrected chi connectivity index (χ1v) is 9.28. The van der Waals surface area contributed by atoms with Crippen LogP contribution in [0.25, 0.3) is 9.88 Å². The van der Waals surface area contributed by atoms with Crippen LogP contribution in [-0.2, 0) is 16.1 Å². The van der Waals surface area contributed by atoms with Crippen molar-refractivity contribution in [3.8, 4) is 15.6 Å². The quantitative estimate of drug-likeness (QED) is 0.550. The molecule has 0 aliphatic rings. The highest BCUT2D eigenvalue weighted by atomic mass is 79.9. The fourth-order valence-corrected chi connectivity index (χ4v) is 3.64. The van der Waals surface area contributed by atoms with E-state index in [9.17, 15) is 4.79 Å². The van der Waals surface area contributed by atoms with Gasteiger partial charge >= 0.3 is 5.97 Å². The van der Waals surface area contributed by atoms with Gasteiger partial charge in [0.25, 0.3) is 0 Å². The van der Waals surface area contributed by atoms with Gasteiger partial charge in [0.1, 0.15) is 17.4 Å². The van der Waals surface area contributed by atoms with Crippen LogP contribution in [0.5, 0.6) is 5.75 Å². The summed E-state index contributed by atoms with van der Waals surface area (Å²) < 4.78 is 11.5. The normalized spacial score (nSPS) is 10.5. The minimum absolute atomic E-state index is 0.121. The number of carbonyl (C=O) groups is 1. The summed E-state index contributed by atoms with van der Waals surface area (Å²) in [5.74, 6) is 0.206. The highest BCUT2D eigenvalue weighted by Gasteiger charge is 2.09. The van der Waals surface area contributed by atoms with Crippen LogP contribution in [-0.4, -0.2) is 17.6 Å². The molecule has 0 fully saturated rings. The van der Waals surface area contributed by atoms with Crippen LogP contribution in [0.3, 0.4) is 0 Å². The number of rotatable bonds is 6. The molecule has 0 saturated heterocycles. The Kier molecular flexibility index (Phi) is 5.43. The van der Waals surface area contributed by atoms with Crippen molar-refractivity contribution in [1.82, 2.24) is 4.98 Å². The van der Waals surface area contributed by atoms with E-state index in [1.807, 2.05) is 35.0 Å². The molecule has 1 aromatic carbocycles. The molecule has 0 amide bonds. The highest BCUT2D eigenvalue weighted by molar-refractivity contribution is 9.10. The molecule has 118 valence electrons. The fourth-order valence-electron chi connectivity index (χ4n) is 1.76. The van der Waals surface area contributed by atoms with Crippen LogP contribution >= 0.6 is 38.6 Å². The molecule has 0 aliphatic heterocycles. The number of thiazole rings is 1. The van der Waals surface area contributed by atoms with Crippen LogP contribution in [0.2, 0.25) is 0 Å². The van der Waals surface area contributed by atoms with Gasteiger partial charge in [-0.1, -0.05) is 22.0 Å². The van der Waals surface area contributed by atoms with E-state index in [-0.39, 0.29) is 13.2 Å². The molecule has 0 unspecified atom stereocenters. The lowest BCUT2D eigenvalue weighted by Gasteiger charge is -2.06. The summed E-state index contributed by atoms with van der Waals surface area (Å²) in [5.41, 5.74) is 0.746. The van der Waals surface area contributed by atoms with E-state index in [0.29, 0.717) is 5.75 Å². The molecule has 2 heterocycles. The molecule has 3 aromatic rings. The third kappa shape index (κ3) is 4.63. The first kappa shape index (κ1) is 16.2. The summed E-state index contributed by atoms with van der Waals surface area (Å²) in [4.78, 5) is 17.3. The molecule has 3 rings (SSSR count). The first-order valence-electron chi connectivity index (χ1n) is 6.73.